The summed E-state index contributed by atoms with van der Waals surface area (Å²) in [6, 6.07) is 0. The number of hydrogen-bond acceptors (Lipinski definition) is 4. The number of fused-ring (bicyclic) bond motifs is 1. The molecule has 0 spiro atoms. The molecule has 2 aliphatic heterocycles. The van der Waals surface area contributed by atoms with Gasteiger partial charge in [-0.1, -0.05) is 12.2 Å². The highest BCUT2D eigenvalue weighted by atomic mass is 16.2. The summed E-state index contributed by atoms with van der Waals surface area (Å²) in [6.07, 6.45) is 8.32. The van der Waals surface area contributed by atoms with E-state index in [1.54, 1.807) is 11.8 Å². The fourth-order valence-electron chi connectivity index (χ4n) is 4.38. The predicted molar refractivity (Wildman–Crippen MR) is 100 cm³/mol. The molecule has 1 saturated heterocycles. The topological polar surface area (TPSA) is 86.4 Å². The van der Waals surface area contributed by atoms with Gasteiger partial charge in [-0.2, -0.15) is 0 Å². The Kier molecular flexibility index (Phi) is 4.85. The standard InChI is InChI=1S/C20H26N4O3/c1-13(25)23-10-8-16-17(12-23)21-18(22-19(16)26)15-7-9-24(11-15)20(27)14-5-3-2-4-6-14/h2-3,14-15H,4-12H2,1H3,(H,21,22,26)/t14-,15-/m1/s1. The van der Waals surface area contributed by atoms with E-state index in [0.29, 0.717) is 49.7 Å². The number of nitrogens with one attached hydrogen (secondary N) is 1. The summed E-state index contributed by atoms with van der Waals surface area (Å²) < 4.78 is 0. The quantitative estimate of drug-likeness (QED) is 0.796. The van der Waals surface area contributed by atoms with Crippen LogP contribution in [0.1, 0.15) is 55.6 Å². The van der Waals surface area contributed by atoms with Crippen LogP contribution in [0.15, 0.2) is 16.9 Å². The molecule has 7 heteroatoms. The highest BCUT2D eigenvalue weighted by Gasteiger charge is 2.33. The zero-order valence-corrected chi connectivity index (χ0v) is 15.7. The van der Waals surface area contributed by atoms with Crippen molar-refractivity contribution in [2.75, 3.05) is 19.6 Å². The van der Waals surface area contributed by atoms with Gasteiger partial charge < -0.3 is 14.8 Å². The van der Waals surface area contributed by atoms with Gasteiger partial charge in [0.15, 0.2) is 0 Å². The lowest BCUT2D eigenvalue weighted by atomic mass is 9.93. The first-order valence-corrected chi connectivity index (χ1v) is 9.84. The molecule has 0 saturated carbocycles. The summed E-state index contributed by atoms with van der Waals surface area (Å²) in [5.74, 6) is 1.03. The number of likely N-dealkylation sites (tertiary alicyclic amines) is 1. The molecular formula is C20H26N4O3. The van der Waals surface area contributed by atoms with Gasteiger partial charge in [0.1, 0.15) is 5.82 Å². The summed E-state index contributed by atoms with van der Waals surface area (Å²) in [4.78, 5) is 48.2. The number of H-pyrrole nitrogens is 1. The van der Waals surface area contributed by atoms with Crippen LogP contribution in [0.25, 0.3) is 0 Å². The predicted octanol–water partition coefficient (Wildman–Crippen LogP) is 1.35. The average Bonchev–Trinajstić information content (AvgIpc) is 3.17. The summed E-state index contributed by atoms with van der Waals surface area (Å²) in [5.41, 5.74) is 1.30. The monoisotopic (exact) mass is 370 g/mol. The molecule has 4 rings (SSSR count). The molecule has 7 nitrogen and oxygen atoms in total. The Bertz CT molecular complexity index is 844. The first-order chi connectivity index (χ1) is 13.0. The van der Waals surface area contributed by atoms with Gasteiger partial charge in [-0.25, -0.2) is 4.98 Å². The van der Waals surface area contributed by atoms with Crippen LogP contribution in [0.5, 0.6) is 0 Å². The van der Waals surface area contributed by atoms with Crippen molar-refractivity contribution in [2.45, 2.75) is 51.5 Å². The molecule has 0 radical (unpaired) electrons. The third kappa shape index (κ3) is 3.55. The van der Waals surface area contributed by atoms with E-state index in [2.05, 4.69) is 17.1 Å². The zero-order valence-electron chi connectivity index (χ0n) is 15.7. The van der Waals surface area contributed by atoms with Gasteiger partial charge in [-0.05, 0) is 32.1 Å². The average molecular weight is 370 g/mol. The Balaban J connectivity index is 1.50. The molecule has 1 aromatic rings. The van der Waals surface area contributed by atoms with Crippen LogP contribution in [0.2, 0.25) is 0 Å². The Morgan fingerprint density at radius 3 is 2.78 bits per heavy atom. The second-order valence-corrected chi connectivity index (χ2v) is 7.82. The number of carbonyl (C=O) groups is 2. The van der Waals surface area contributed by atoms with E-state index in [1.807, 2.05) is 4.90 Å². The lowest BCUT2D eigenvalue weighted by Crippen LogP contribution is -2.38. The SMILES string of the molecule is CC(=O)N1CCc2c(nc([C@@H]3CCN(C(=O)[C@@H]4CC=CCC4)C3)[nH]c2=O)C1. The van der Waals surface area contributed by atoms with Gasteiger partial charge in [0.25, 0.3) is 5.56 Å². The molecule has 3 heterocycles. The largest absolute Gasteiger partial charge is 0.342 e. The normalized spacial score (nSPS) is 24.8. The highest BCUT2D eigenvalue weighted by molar-refractivity contribution is 5.79. The zero-order chi connectivity index (χ0) is 19.0. The Morgan fingerprint density at radius 1 is 1.19 bits per heavy atom. The number of aromatic amines is 1. The van der Waals surface area contributed by atoms with E-state index in [0.717, 1.165) is 25.7 Å². The van der Waals surface area contributed by atoms with E-state index in [9.17, 15) is 14.4 Å². The number of nitrogens with zero attached hydrogens (tertiary/aromatic N) is 3. The van der Waals surface area contributed by atoms with Crippen LogP contribution >= 0.6 is 0 Å². The Morgan fingerprint density at radius 2 is 2.04 bits per heavy atom. The molecule has 0 unspecified atom stereocenters. The van der Waals surface area contributed by atoms with Crippen molar-refractivity contribution >= 4 is 11.8 Å². The third-order valence-corrected chi connectivity index (χ3v) is 6.04. The molecular weight excluding hydrogens is 344 g/mol. The Labute approximate surface area is 158 Å². The van der Waals surface area contributed by atoms with Crippen LogP contribution in [-0.2, 0) is 22.6 Å². The maximum Gasteiger partial charge on any atom is 0.254 e. The van der Waals surface area contributed by atoms with E-state index in [-0.39, 0.29) is 29.2 Å². The summed E-state index contributed by atoms with van der Waals surface area (Å²) in [7, 11) is 0. The lowest BCUT2D eigenvalue weighted by molar-refractivity contribution is -0.134. The minimum absolute atomic E-state index is 0.00320. The molecule has 144 valence electrons. The second kappa shape index (κ2) is 7.29. The first kappa shape index (κ1) is 17.9. The summed E-state index contributed by atoms with van der Waals surface area (Å²) in [5, 5.41) is 0. The number of allylic oxidation sites excluding steroid dienone is 2. The van der Waals surface area contributed by atoms with Crippen molar-refractivity contribution < 1.29 is 9.59 Å². The molecule has 27 heavy (non-hydrogen) atoms. The molecule has 1 aliphatic carbocycles. The molecule has 0 bridgehead atoms. The summed E-state index contributed by atoms with van der Waals surface area (Å²) in [6.45, 7) is 3.82. The minimum atomic E-state index is -0.0969. The van der Waals surface area contributed by atoms with Crippen molar-refractivity contribution in [3.8, 4) is 0 Å². The molecule has 3 aliphatic rings. The van der Waals surface area contributed by atoms with Gasteiger partial charge in [0.2, 0.25) is 11.8 Å². The van der Waals surface area contributed by atoms with Crippen LogP contribution in [-0.4, -0.2) is 51.2 Å². The molecule has 1 N–H and O–H groups in total. The molecule has 1 aromatic heterocycles. The second-order valence-electron chi connectivity index (χ2n) is 7.82. The fraction of sp³-hybridized carbons (Fsp3) is 0.600. The smallest absolute Gasteiger partial charge is 0.254 e. The number of carbonyl (C=O) groups excluding carboxylic acids is 2. The number of amides is 2. The maximum atomic E-state index is 12.8. The van der Waals surface area contributed by atoms with Crippen LogP contribution < -0.4 is 5.56 Å². The van der Waals surface area contributed by atoms with Crippen molar-refractivity contribution in [1.82, 2.24) is 19.8 Å². The van der Waals surface area contributed by atoms with Crippen molar-refractivity contribution in [3.05, 3.63) is 39.6 Å². The van der Waals surface area contributed by atoms with Gasteiger partial charge in [-0.15, -0.1) is 0 Å². The van der Waals surface area contributed by atoms with Gasteiger partial charge >= 0.3 is 0 Å². The van der Waals surface area contributed by atoms with Crippen molar-refractivity contribution in [1.29, 1.82) is 0 Å². The first-order valence-electron chi connectivity index (χ1n) is 9.84. The molecule has 2 amide bonds. The van der Waals surface area contributed by atoms with E-state index < -0.39 is 0 Å². The fourth-order valence-corrected chi connectivity index (χ4v) is 4.38. The van der Waals surface area contributed by atoms with Crippen LogP contribution in [0.3, 0.4) is 0 Å². The van der Waals surface area contributed by atoms with Gasteiger partial charge in [0, 0.05) is 44.0 Å². The summed E-state index contributed by atoms with van der Waals surface area (Å²) >= 11 is 0. The van der Waals surface area contributed by atoms with E-state index >= 15 is 0 Å². The van der Waals surface area contributed by atoms with Gasteiger partial charge in [-0.3, -0.25) is 14.4 Å². The highest BCUT2D eigenvalue weighted by Crippen LogP contribution is 2.29. The Hall–Kier alpha value is -2.44. The van der Waals surface area contributed by atoms with Crippen LogP contribution in [0, 0.1) is 5.92 Å². The molecule has 2 atom stereocenters. The van der Waals surface area contributed by atoms with E-state index in [1.165, 1.54) is 0 Å². The minimum Gasteiger partial charge on any atom is -0.342 e. The van der Waals surface area contributed by atoms with Crippen molar-refractivity contribution in [3.63, 3.8) is 0 Å². The molecule has 1 fully saturated rings. The van der Waals surface area contributed by atoms with Gasteiger partial charge in [0.05, 0.1) is 12.2 Å². The lowest BCUT2D eigenvalue weighted by Gasteiger charge is -2.27. The maximum absolute atomic E-state index is 12.8. The van der Waals surface area contributed by atoms with Crippen molar-refractivity contribution in [2.24, 2.45) is 5.92 Å². The number of hydrogen-bond donors (Lipinski definition) is 1. The number of rotatable bonds is 2. The van der Waals surface area contributed by atoms with E-state index in [4.69, 9.17) is 4.98 Å². The number of aromatic nitrogens is 2. The van der Waals surface area contributed by atoms with Crippen LogP contribution in [0.4, 0.5) is 0 Å². The third-order valence-electron chi connectivity index (χ3n) is 6.04. The molecule has 0 aromatic carbocycles.